The minimum Gasteiger partial charge on any atom is -0.481 e. The summed E-state index contributed by atoms with van der Waals surface area (Å²) in [6.07, 6.45) is 50.3. The number of ether oxygens (including phenoxy) is 2. The van der Waals surface area contributed by atoms with Gasteiger partial charge in [0.1, 0.15) is 0 Å². The van der Waals surface area contributed by atoms with E-state index in [2.05, 4.69) is 20.8 Å². The van der Waals surface area contributed by atoms with Crippen molar-refractivity contribution in [2.75, 3.05) is 0 Å². The lowest BCUT2D eigenvalue weighted by Gasteiger charge is -2.16. The van der Waals surface area contributed by atoms with Crippen LogP contribution in [0, 0.1) is 17.8 Å². The van der Waals surface area contributed by atoms with Gasteiger partial charge in [0.15, 0.2) is 0 Å². The lowest BCUT2D eigenvalue weighted by atomic mass is 9.96. The van der Waals surface area contributed by atoms with Crippen LogP contribution in [0.1, 0.15) is 335 Å². The zero-order chi connectivity index (χ0) is 52.3. The average Bonchev–Trinajstić information content (AvgIpc) is 3.33. The Kier molecular flexibility index (Phi) is 50.1. The molecule has 0 aliphatic rings. The second-order valence-electron chi connectivity index (χ2n) is 21.5. The van der Waals surface area contributed by atoms with Gasteiger partial charge < -0.3 is 19.7 Å². The Morgan fingerprint density at radius 2 is 0.451 bits per heavy atom. The smallest absolute Gasteiger partial charge is 0.317 e. The van der Waals surface area contributed by atoms with Crippen molar-refractivity contribution in [2.45, 2.75) is 335 Å². The average molecular weight is 1010 g/mol. The number of carboxylic acids is 2. The van der Waals surface area contributed by atoms with E-state index >= 15 is 0 Å². The van der Waals surface area contributed by atoms with Gasteiger partial charge in [0.25, 0.3) is 0 Å². The van der Waals surface area contributed by atoms with Crippen LogP contribution < -0.4 is 0 Å². The molecule has 10 heteroatoms. The number of esters is 4. The number of carbonyl (C=O) groups is 6. The van der Waals surface area contributed by atoms with Gasteiger partial charge in [0, 0.05) is 0 Å². The number of carbonyl (C=O) groups excluding carboxylic acids is 4. The van der Waals surface area contributed by atoms with Crippen LogP contribution >= 0.6 is 0 Å². The quantitative estimate of drug-likeness (QED) is 0.0341. The van der Waals surface area contributed by atoms with Crippen LogP contribution in [0.5, 0.6) is 0 Å². The Bertz CT molecular complexity index is 1280. The second-order valence-corrected chi connectivity index (χ2v) is 21.5. The number of aliphatic carboxylic acids is 2. The highest BCUT2D eigenvalue weighted by molar-refractivity contribution is 5.92. The molecule has 0 radical (unpaired) electrons. The Balaban J connectivity index is 4.94. The fourth-order valence-electron chi connectivity index (χ4n) is 9.91. The highest BCUT2D eigenvalue weighted by atomic mass is 16.6. The minimum absolute atomic E-state index is 0.242. The molecule has 71 heavy (non-hydrogen) atoms. The van der Waals surface area contributed by atoms with E-state index in [9.17, 15) is 39.0 Å². The first kappa shape index (κ1) is 68.2. The molecule has 3 unspecified atom stereocenters. The topological polar surface area (TPSA) is 161 Å². The SMILES string of the molecule is CCCCCCCCCCCCCCCCCC(CC(=O)OC(=O)CC(CCCCCCCCCCCCCCCC)C(=O)O)C(=O)OC(=O)CC(CCCCCCCCCCCCCCCC)C(=O)O. The first-order chi connectivity index (χ1) is 34.5. The Labute approximate surface area is 435 Å². The van der Waals surface area contributed by atoms with Crippen LogP contribution in [-0.4, -0.2) is 46.0 Å². The molecular weight excluding hydrogens is 893 g/mol. The van der Waals surface area contributed by atoms with Crippen molar-refractivity contribution in [2.24, 2.45) is 17.8 Å². The van der Waals surface area contributed by atoms with E-state index in [0.717, 1.165) is 64.2 Å². The Hall–Kier alpha value is -2.78. The summed E-state index contributed by atoms with van der Waals surface area (Å²) in [5, 5.41) is 19.7. The summed E-state index contributed by atoms with van der Waals surface area (Å²) in [7, 11) is 0. The third-order valence-electron chi connectivity index (χ3n) is 14.7. The largest absolute Gasteiger partial charge is 0.481 e. The molecule has 0 aromatic heterocycles. The zero-order valence-electron chi connectivity index (χ0n) is 46.5. The molecule has 0 saturated heterocycles. The minimum atomic E-state index is -1.11. The summed E-state index contributed by atoms with van der Waals surface area (Å²) in [5.41, 5.74) is 0. The monoisotopic (exact) mass is 1000 g/mol. The standard InChI is InChI=1S/C61H112O10/c1-4-7-10-13-16-19-22-25-28-31-34-37-40-43-46-49-55(61(69)71-58(64)51-54(60(67)68)48-45-42-39-36-33-30-27-24-21-18-15-12-9-6-3)52-57(63)70-56(62)50-53(59(65)66)47-44-41-38-35-32-29-26-23-20-17-14-11-8-5-2/h53-55H,4-52H2,1-3H3,(H,65,66)(H,67,68). The fourth-order valence-corrected chi connectivity index (χ4v) is 9.91. The maximum atomic E-state index is 13.4. The highest BCUT2D eigenvalue weighted by Crippen LogP contribution is 2.23. The molecule has 0 heterocycles. The molecule has 0 aliphatic heterocycles. The lowest BCUT2D eigenvalue weighted by molar-refractivity contribution is -0.170. The van der Waals surface area contributed by atoms with Gasteiger partial charge in [-0.3, -0.25) is 28.8 Å². The van der Waals surface area contributed by atoms with E-state index in [-0.39, 0.29) is 6.42 Å². The summed E-state index contributed by atoms with van der Waals surface area (Å²) >= 11 is 0. The van der Waals surface area contributed by atoms with Gasteiger partial charge in [-0.1, -0.05) is 297 Å². The van der Waals surface area contributed by atoms with Crippen LogP contribution in [0.3, 0.4) is 0 Å². The van der Waals surface area contributed by atoms with E-state index in [1.54, 1.807) is 0 Å². The normalized spacial score (nSPS) is 12.7. The predicted molar refractivity (Wildman–Crippen MR) is 291 cm³/mol. The fraction of sp³-hybridized carbons (Fsp3) is 0.902. The zero-order valence-corrected chi connectivity index (χ0v) is 46.5. The van der Waals surface area contributed by atoms with Gasteiger partial charge in [-0.25, -0.2) is 0 Å². The van der Waals surface area contributed by atoms with Gasteiger partial charge in [0.2, 0.25) is 0 Å². The molecule has 0 saturated carbocycles. The molecule has 0 fully saturated rings. The van der Waals surface area contributed by atoms with Crippen molar-refractivity contribution in [3.8, 4) is 0 Å². The van der Waals surface area contributed by atoms with Gasteiger partial charge >= 0.3 is 35.8 Å². The molecule has 0 bridgehead atoms. The number of carboxylic acid groups (broad SMARTS) is 2. The first-order valence-corrected chi connectivity index (χ1v) is 30.5. The van der Waals surface area contributed by atoms with Crippen molar-refractivity contribution in [3.05, 3.63) is 0 Å². The van der Waals surface area contributed by atoms with Crippen LogP contribution in [0.15, 0.2) is 0 Å². The molecule has 0 aliphatic carbocycles. The van der Waals surface area contributed by atoms with Crippen molar-refractivity contribution < 1.29 is 48.5 Å². The van der Waals surface area contributed by atoms with Crippen LogP contribution in [-0.2, 0) is 38.2 Å². The summed E-state index contributed by atoms with van der Waals surface area (Å²) in [4.78, 5) is 76.5. The molecule has 0 rings (SSSR count). The second kappa shape index (κ2) is 52.1. The number of rotatable bonds is 55. The molecule has 10 nitrogen and oxygen atoms in total. The number of hydrogen-bond acceptors (Lipinski definition) is 8. The molecule has 416 valence electrons. The molecule has 0 aromatic carbocycles. The molecule has 0 amide bonds. The highest BCUT2D eigenvalue weighted by Gasteiger charge is 2.30. The maximum absolute atomic E-state index is 13.4. The van der Waals surface area contributed by atoms with Crippen molar-refractivity contribution in [3.63, 3.8) is 0 Å². The number of hydrogen-bond donors (Lipinski definition) is 2. The van der Waals surface area contributed by atoms with Crippen molar-refractivity contribution in [1.29, 1.82) is 0 Å². The Morgan fingerprint density at radius 1 is 0.268 bits per heavy atom. The van der Waals surface area contributed by atoms with Crippen molar-refractivity contribution >= 4 is 35.8 Å². The molecule has 0 aromatic rings. The molecule has 0 spiro atoms. The third kappa shape index (κ3) is 46.7. The van der Waals surface area contributed by atoms with E-state index in [4.69, 9.17) is 9.47 Å². The number of unbranched alkanes of at least 4 members (excludes halogenated alkanes) is 40. The third-order valence-corrected chi connectivity index (χ3v) is 14.7. The van der Waals surface area contributed by atoms with Crippen LogP contribution in [0.25, 0.3) is 0 Å². The summed E-state index contributed by atoms with van der Waals surface area (Å²) < 4.78 is 10.3. The van der Waals surface area contributed by atoms with Gasteiger partial charge in [-0.2, -0.15) is 0 Å². The van der Waals surface area contributed by atoms with Gasteiger partial charge in [-0.15, -0.1) is 0 Å². The molecular formula is C61H112O10. The van der Waals surface area contributed by atoms with E-state index in [0.29, 0.717) is 32.1 Å². The van der Waals surface area contributed by atoms with Crippen LogP contribution in [0.2, 0.25) is 0 Å². The van der Waals surface area contributed by atoms with E-state index in [1.807, 2.05) is 0 Å². The summed E-state index contributed by atoms with van der Waals surface area (Å²) in [5.74, 6) is -9.00. The first-order valence-electron chi connectivity index (χ1n) is 30.5. The molecule has 2 N–H and O–H groups in total. The Morgan fingerprint density at radius 3 is 0.676 bits per heavy atom. The van der Waals surface area contributed by atoms with Gasteiger partial charge in [0.05, 0.1) is 37.0 Å². The van der Waals surface area contributed by atoms with E-state index in [1.165, 1.54) is 193 Å². The van der Waals surface area contributed by atoms with Crippen molar-refractivity contribution in [1.82, 2.24) is 0 Å². The van der Waals surface area contributed by atoms with Crippen LogP contribution in [0.4, 0.5) is 0 Å². The lowest BCUT2D eigenvalue weighted by Crippen LogP contribution is -2.28. The maximum Gasteiger partial charge on any atom is 0.317 e. The molecule has 3 atom stereocenters. The van der Waals surface area contributed by atoms with E-state index < -0.39 is 72.8 Å². The predicted octanol–water partition coefficient (Wildman–Crippen LogP) is 18.3. The summed E-state index contributed by atoms with van der Waals surface area (Å²) in [6.45, 7) is 6.72. The summed E-state index contributed by atoms with van der Waals surface area (Å²) in [6, 6.07) is 0. The van der Waals surface area contributed by atoms with Gasteiger partial charge in [-0.05, 0) is 19.3 Å².